The van der Waals surface area contributed by atoms with Crippen molar-refractivity contribution in [3.05, 3.63) is 52.0 Å². The summed E-state index contributed by atoms with van der Waals surface area (Å²) in [5, 5.41) is 5.86. The quantitative estimate of drug-likeness (QED) is 0.884. The van der Waals surface area contributed by atoms with E-state index in [4.69, 9.17) is 0 Å². The first kappa shape index (κ1) is 11.9. The normalized spacial score (nSPS) is 16.7. The SMILES string of the molecule is Cc1ccc(CNC(c2cccs2)C2CC2)cn1. The van der Waals surface area contributed by atoms with Crippen molar-refractivity contribution in [3.8, 4) is 0 Å². The number of hydrogen-bond acceptors (Lipinski definition) is 3. The Morgan fingerprint density at radius 1 is 1.39 bits per heavy atom. The molecule has 0 spiro atoms. The Balaban J connectivity index is 1.65. The molecular formula is C15H18N2S. The van der Waals surface area contributed by atoms with Crippen molar-refractivity contribution in [1.82, 2.24) is 10.3 Å². The Labute approximate surface area is 112 Å². The Morgan fingerprint density at radius 2 is 2.28 bits per heavy atom. The molecular weight excluding hydrogens is 240 g/mol. The lowest BCUT2D eigenvalue weighted by molar-refractivity contribution is 0.487. The molecule has 1 unspecified atom stereocenters. The summed E-state index contributed by atoms with van der Waals surface area (Å²) < 4.78 is 0. The van der Waals surface area contributed by atoms with Crippen LogP contribution in [-0.2, 0) is 6.54 Å². The summed E-state index contributed by atoms with van der Waals surface area (Å²) in [4.78, 5) is 5.81. The lowest BCUT2D eigenvalue weighted by atomic mass is 10.1. The van der Waals surface area contributed by atoms with Crippen LogP contribution < -0.4 is 5.32 Å². The molecule has 3 heteroatoms. The fraction of sp³-hybridized carbons (Fsp3) is 0.400. The van der Waals surface area contributed by atoms with Crippen LogP contribution in [0.4, 0.5) is 0 Å². The van der Waals surface area contributed by atoms with Gasteiger partial charge in [0.2, 0.25) is 0 Å². The number of rotatable bonds is 5. The number of aryl methyl sites for hydroxylation is 1. The summed E-state index contributed by atoms with van der Waals surface area (Å²) in [5.41, 5.74) is 2.35. The molecule has 0 bridgehead atoms. The fourth-order valence-corrected chi connectivity index (χ4v) is 3.12. The molecule has 1 saturated carbocycles. The van der Waals surface area contributed by atoms with Gasteiger partial charge >= 0.3 is 0 Å². The minimum atomic E-state index is 0.534. The molecule has 1 aliphatic carbocycles. The van der Waals surface area contributed by atoms with Gasteiger partial charge in [0.25, 0.3) is 0 Å². The van der Waals surface area contributed by atoms with E-state index in [2.05, 4.69) is 39.9 Å². The van der Waals surface area contributed by atoms with E-state index in [1.807, 2.05) is 24.5 Å². The number of thiophene rings is 1. The van der Waals surface area contributed by atoms with Crippen LogP contribution in [0, 0.1) is 12.8 Å². The standard InChI is InChI=1S/C15H18N2S/c1-11-4-5-12(9-16-11)10-17-15(13-6-7-13)14-3-2-8-18-14/h2-5,8-9,13,15,17H,6-7,10H2,1H3. The largest absolute Gasteiger partial charge is 0.305 e. The maximum Gasteiger partial charge on any atom is 0.0446 e. The molecule has 2 aromatic heterocycles. The van der Waals surface area contributed by atoms with Crippen LogP contribution in [0.15, 0.2) is 35.8 Å². The van der Waals surface area contributed by atoms with Gasteiger partial charge in [-0.1, -0.05) is 12.1 Å². The van der Waals surface area contributed by atoms with Crippen molar-refractivity contribution in [2.75, 3.05) is 0 Å². The second kappa shape index (κ2) is 5.21. The van der Waals surface area contributed by atoms with Crippen molar-refractivity contribution in [2.45, 2.75) is 32.4 Å². The Hall–Kier alpha value is -1.19. The van der Waals surface area contributed by atoms with E-state index in [-0.39, 0.29) is 0 Å². The number of nitrogens with one attached hydrogen (secondary N) is 1. The van der Waals surface area contributed by atoms with E-state index in [1.165, 1.54) is 23.3 Å². The van der Waals surface area contributed by atoms with Crippen molar-refractivity contribution >= 4 is 11.3 Å². The predicted molar refractivity (Wildman–Crippen MR) is 75.6 cm³/mol. The lowest BCUT2D eigenvalue weighted by Crippen LogP contribution is -2.21. The molecule has 3 rings (SSSR count). The molecule has 0 aromatic carbocycles. The van der Waals surface area contributed by atoms with Crippen LogP contribution in [0.1, 0.15) is 35.0 Å². The van der Waals surface area contributed by atoms with Gasteiger partial charge in [-0.3, -0.25) is 4.98 Å². The van der Waals surface area contributed by atoms with Crippen LogP contribution in [0.2, 0.25) is 0 Å². The maximum absolute atomic E-state index is 4.34. The Morgan fingerprint density at radius 3 is 2.89 bits per heavy atom. The summed E-state index contributed by atoms with van der Waals surface area (Å²) in [6.07, 6.45) is 4.70. The van der Waals surface area contributed by atoms with Gasteiger partial charge in [-0.2, -0.15) is 0 Å². The first-order valence-electron chi connectivity index (χ1n) is 6.51. The number of hydrogen-bond donors (Lipinski definition) is 1. The topological polar surface area (TPSA) is 24.9 Å². The van der Waals surface area contributed by atoms with Gasteiger partial charge in [-0.25, -0.2) is 0 Å². The zero-order valence-electron chi connectivity index (χ0n) is 10.6. The molecule has 2 heterocycles. The zero-order valence-corrected chi connectivity index (χ0v) is 11.4. The first-order valence-corrected chi connectivity index (χ1v) is 7.39. The number of nitrogens with zero attached hydrogens (tertiary/aromatic N) is 1. The van der Waals surface area contributed by atoms with E-state index in [0.717, 1.165) is 18.2 Å². The van der Waals surface area contributed by atoms with Gasteiger partial charge in [-0.15, -0.1) is 11.3 Å². The van der Waals surface area contributed by atoms with E-state index < -0.39 is 0 Å². The zero-order chi connectivity index (χ0) is 12.4. The predicted octanol–water partition coefficient (Wildman–Crippen LogP) is 3.69. The molecule has 0 amide bonds. The minimum Gasteiger partial charge on any atom is -0.305 e. The van der Waals surface area contributed by atoms with Crippen LogP contribution in [0.25, 0.3) is 0 Å². The maximum atomic E-state index is 4.34. The number of pyridine rings is 1. The highest BCUT2D eigenvalue weighted by Crippen LogP contribution is 2.42. The van der Waals surface area contributed by atoms with Crippen LogP contribution in [-0.4, -0.2) is 4.98 Å². The second-order valence-electron chi connectivity index (χ2n) is 5.02. The van der Waals surface area contributed by atoms with E-state index >= 15 is 0 Å². The van der Waals surface area contributed by atoms with Crippen molar-refractivity contribution in [1.29, 1.82) is 0 Å². The summed E-state index contributed by atoms with van der Waals surface area (Å²) in [6, 6.07) is 9.16. The fourth-order valence-electron chi connectivity index (χ4n) is 2.23. The molecule has 1 aliphatic rings. The van der Waals surface area contributed by atoms with Crippen molar-refractivity contribution in [2.24, 2.45) is 5.92 Å². The summed E-state index contributed by atoms with van der Waals surface area (Å²) >= 11 is 1.86. The summed E-state index contributed by atoms with van der Waals surface area (Å²) in [6.45, 7) is 2.93. The van der Waals surface area contributed by atoms with Crippen LogP contribution in [0.5, 0.6) is 0 Å². The van der Waals surface area contributed by atoms with Gasteiger partial charge in [0, 0.05) is 29.4 Å². The molecule has 2 nitrogen and oxygen atoms in total. The molecule has 1 N–H and O–H groups in total. The van der Waals surface area contributed by atoms with Crippen LogP contribution >= 0.6 is 11.3 Å². The van der Waals surface area contributed by atoms with Gasteiger partial charge in [-0.05, 0) is 48.8 Å². The molecule has 94 valence electrons. The second-order valence-corrected chi connectivity index (χ2v) is 6.00. The third-order valence-electron chi connectivity index (χ3n) is 3.44. The van der Waals surface area contributed by atoms with Crippen molar-refractivity contribution < 1.29 is 0 Å². The third-order valence-corrected chi connectivity index (χ3v) is 4.40. The Kier molecular flexibility index (Phi) is 3.43. The monoisotopic (exact) mass is 258 g/mol. The summed E-state index contributed by atoms with van der Waals surface area (Å²) in [5.74, 6) is 0.835. The first-order chi connectivity index (χ1) is 8.83. The van der Waals surface area contributed by atoms with Gasteiger partial charge in [0.1, 0.15) is 0 Å². The van der Waals surface area contributed by atoms with Gasteiger partial charge < -0.3 is 5.32 Å². The van der Waals surface area contributed by atoms with E-state index in [9.17, 15) is 0 Å². The summed E-state index contributed by atoms with van der Waals surface area (Å²) in [7, 11) is 0. The van der Waals surface area contributed by atoms with Gasteiger partial charge in [0.15, 0.2) is 0 Å². The number of aromatic nitrogens is 1. The van der Waals surface area contributed by atoms with Gasteiger partial charge in [0.05, 0.1) is 0 Å². The Bertz CT molecular complexity index is 486. The molecule has 0 aliphatic heterocycles. The average Bonchev–Trinajstić information content (AvgIpc) is 3.07. The molecule has 0 saturated heterocycles. The molecule has 0 radical (unpaired) electrons. The molecule has 18 heavy (non-hydrogen) atoms. The van der Waals surface area contributed by atoms with Crippen LogP contribution in [0.3, 0.4) is 0 Å². The van der Waals surface area contributed by atoms with E-state index in [1.54, 1.807) is 0 Å². The smallest absolute Gasteiger partial charge is 0.0446 e. The lowest BCUT2D eigenvalue weighted by Gasteiger charge is -2.16. The van der Waals surface area contributed by atoms with Crippen molar-refractivity contribution in [3.63, 3.8) is 0 Å². The molecule has 2 aromatic rings. The highest BCUT2D eigenvalue weighted by molar-refractivity contribution is 7.10. The minimum absolute atomic E-state index is 0.534. The highest BCUT2D eigenvalue weighted by atomic mass is 32.1. The molecule has 1 fully saturated rings. The average molecular weight is 258 g/mol. The molecule has 1 atom stereocenters. The van der Waals surface area contributed by atoms with E-state index in [0.29, 0.717) is 6.04 Å². The third kappa shape index (κ3) is 2.79. The highest BCUT2D eigenvalue weighted by Gasteiger charge is 2.32.